The summed E-state index contributed by atoms with van der Waals surface area (Å²) in [6, 6.07) is 12.1. The Bertz CT molecular complexity index is 945. The molecule has 3 rings (SSSR count). The van der Waals surface area contributed by atoms with Crippen LogP contribution in [0.15, 0.2) is 53.4 Å². The number of hydrogen-bond donors (Lipinski definition) is 2. The van der Waals surface area contributed by atoms with Gasteiger partial charge in [0, 0.05) is 11.8 Å². The second kappa shape index (κ2) is 5.27. The summed E-state index contributed by atoms with van der Waals surface area (Å²) in [4.78, 5) is 8.09. The zero-order valence-corrected chi connectivity index (χ0v) is 15.0. The van der Waals surface area contributed by atoms with Crippen LogP contribution in [-0.2, 0) is 14.2 Å². The fourth-order valence-electron chi connectivity index (χ4n) is 2.85. The first-order chi connectivity index (χ1) is 11.1. The van der Waals surface area contributed by atoms with Crippen molar-refractivity contribution in [2.45, 2.75) is 21.1 Å². The summed E-state index contributed by atoms with van der Waals surface area (Å²) in [7, 11) is -4.31. The van der Waals surface area contributed by atoms with E-state index in [1.807, 2.05) is 0 Å². The van der Waals surface area contributed by atoms with Gasteiger partial charge in [0.15, 0.2) is 0 Å². The Kier molecular flexibility index (Phi) is 3.70. The Hall–Kier alpha value is -1.97. The third kappa shape index (κ3) is 2.08. The molecule has 0 spiro atoms. The highest BCUT2D eigenvalue weighted by Gasteiger charge is 2.61. The molecule has 0 fully saturated rings. The molecule has 0 aliphatic carbocycles. The average Bonchev–Trinajstić information content (AvgIpc) is 2.75. The summed E-state index contributed by atoms with van der Waals surface area (Å²) >= 11 is 3.42. The van der Waals surface area contributed by atoms with E-state index in [1.54, 1.807) is 31.2 Å². The molecule has 9 heteroatoms. The van der Waals surface area contributed by atoms with Crippen LogP contribution in [0.1, 0.15) is 12.5 Å². The number of nitrogens with one attached hydrogen (secondary N) is 1. The molecule has 2 aromatic carbocycles. The Morgan fingerprint density at radius 3 is 2.38 bits per heavy atom. The van der Waals surface area contributed by atoms with Gasteiger partial charge in [-0.3, -0.25) is 15.8 Å². The number of anilines is 1. The minimum atomic E-state index is -4.31. The van der Waals surface area contributed by atoms with E-state index < -0.39 is 34.7 Å². The molecule has 24 heavy (non-hydrogen) atoms. The predicted octanol–water partition coefficient (Wildman–Crippen LogP) is 2.72. The number of benzene rings is 2. The lowest BCUT2D eigenvalue weighted by atomic mass is 10.0. The van der Waals surface area contributed by atoms with Crippen molar-refractivity contribution in [2.24, 2.45) is 5.73 Å². The van der Waals surface area contributed by atoms with Crippen LogP contribution in [0.2, 0.25) is 0 Å². The van der Waals surface area contributed by atoms with E-state index >= 15 is 0 Å². The largest absolute Gasteiger partial charge is 0.353 e. The smallest absolute Gasteiger partial charge is 0.288 e. The molecule has 1 aliphatic heterocycles. The number of halogens is 1. The number of nitrogens with zero attached hydrogens (tertiary/aromatic N) is 1. The highest BCUT2D eigenvalue weighted by Crippen LogP contribution is 2.53. The van der Waals surface area contributed by atoms with Crippen LogP contribution in [0.4, 0.5) is 11.4 Å². The molecule has 7 nitrogen and oxygen atoms in total. The second-order valence-electron chi connectivity index (χ2n) is 5.64. The molecule has 0 saturated carbocycles. The van der Waals surface area contributed by atoms with Crippen molar-refractivity contribution in [1.29, 1.82) is 0 Å². The van der Waals surface area contributed by atoms with Gasteiger partial charge in [0.05, 0.1) is 4.92 Å². The number of hydrogen-bond acceptors (Lipinski definition) is 6. The van der Waals surface area contributed by atoms with E-state index in [2.05, 4.69) is 21.2 Å². The molecule has 0 bridgehead atoms. The van der Waals surface area contributed by atoms with Gasteiger partial charge in [-0.05, 0) is 24.6 Å². The zero-order chi connectivity index (χ0) is 17.8. The lowest BCUT2D eigenvalue weighted by Gasteiger charge is -2.35. The minimum Gasteiger partial charge on any atom is -0.353 e. The summed E-state index contributed by atoms with van der Waals surface area (Å²) in [6.45, 7) is 1.62. The van der Waals surface area contributed by atoms with Crippen molar-refractivity contribution in [3.63, 3.8) is 0 Å². The maximum Gasteiger partial charge on any atom is 0.288 e. The van der Waals surface area contributed by atoms with Crippen LogP contribution in [0.5, 0.6) is 0 Å². The van der Waals surface area contributed by atoms with Gasteiger partial charge in [0.1, 0.15) is 9.22 Å². The summed E-state index contributed by atoms with van der Waals surface area (Å²) in [5.74, 6) is 0. The Balaban J connectivity index is 2.24. The normalized spacial score (nSPS) is 25.8. The number of fused-ring (bicyclic) bond motifs is 1. The van der Waals surface area contributed by atoms with E-state index in [0.717, 1.165) is 6.07 Å². The Morgan fingerprint density at radius 1 is 1.17 bits per heavy atom. The standard InChI is InChI=1S/C15H14BrN3O4S/c1-14(16)10-6-2-3-7-11(10)18-15(14,17)24(22,23)13-9-5-4-8-12(13)19(20)21/h2-9,18H,17H2,1H3. The van der Waals surface area contributed by atoms with Crippen molar-refractivity contribution in [1.82, 2.24) is 0 Å². The van der Waals surface area contributed by atoms with Crippen LogP contribution in [0.25, 0.3) is 0 Å². The minimum absolute atomic E-state index is 0.427. The fourth-order valence-corrected chi connectivity index (χ4v) is 5.81. The van der Waals surface area contributed by atoms with Gasteiger partial charge in [-0.25, -0.2) is 8.42 Å². The molecule has 3 N–H and O–H groups in total. The first kappa shape index (κ1) is 16.9. The van der Waals surface area contributed by atoms with Crippen LogP contribution in [0.3, 0.4) is 0 Å². The molecule has 2 aromatic rings. The molecule has 0 radical (unpaired) electrons. The topological polar surface area (TPSA) is 115 Å². The highest BCUT2D eigenvalue weighted by molar-refractivity contribution is 9.09. The third-order valence-corrected chi connectivity index (χ3v) is 7.82. The second-order valence-corrected chi connectivity index (χ2v) is 9.31. The molecular weight excluding hydrogens is 398 g/mol. The lowest BCUT2D eigenvalue weighted by Crippen LogP contribution is -2.61. The maximum atomic E-state index is 13.2. The molecule has 0 amide bonds. The van der Waals surface area contributed by atoms with Crippen LogP contribution in [-0.4, -0.2) is 18.3 Å². The average molecular weight is 412 g/mol. The van der Waals surface area contributed by atoms with Crippen LogP contribution in [0, 0.1) is 10.1 Å². The third-order valence-electron chi connectivity index (χ3n) is 4.23. The monoisotopic (exact) mass is 411 g/mol. The SMILES string of the molecule is CC1(Br)c2ccccc2NC1(N)S(=O)(=O)c1ccccc1[N+](=O)[O-]. The number of nitro groups is 1. The molecule has 1 heterocycles. The zero-order valence-electron chi connectivity index (χ0n) is 12.6. The van der Waals surface area contributed by atoms with Gasteiger partial charge in [-0.15, -0.1) is 0 Å². The van der Waals surface area contributed by atoms with Crippen molar-refractivity contribution in [2.75, 3.05) is 5.32 Å². The van der Waals surface area contributed by atoms with Gasteiger partial charge in [0.2, 0.25) is 14.8 Å². The van der Waals surface area contributed by atoms with Gasteiger partial charge >= 0.3 is 0 Å². The molecule has 0 saturated heterocycles. The molecule has 2 atom stereocenters. The molecular formula is C15H14BrN3O4S. The highest BCUT2D eigenvalue weighted by atomic mass is 79.9. The summed E-state index contributed by atoms with van der Waals surface area (Å²) in [5, 5.41) is 14.1. The number of nitrogens with two attached hydrogens (primary N) is 1. The summed E-state index contributed by atoms with van der Waals surface area (Å²) in [5.41, 5.74) is 7.01. The Labute approximate surface area is 147 Å². The van der Waals surface area contributed by atoms with Gasteiger partial charge < -0.3 is 5.32 Å². The van der Waals surface area contributed by atoms with Gasteiger partial charge in [-0.1, -0.05) is 46.3 Å². The first-order valence-electron chi connectivity index (χ1n) is 6.96. The lowest BCUT2D eigenvalue weighted by molar-refractivity contribution is -0.387. The molecule has 0 aromatic heterocycles. The summed E-state index contributed by atoms with van der Waals surface area (Å²) < 4.78 is 25.3. The number of sulfone groups is 1. The number of rotatable bonds is 3. The summed E-state index contributed by atoms with van der Waals surface area (Å²) in [6.07, 6.45) is 0. The Morgan fingerprint density at radius 2 is 1.75 bits per heavy atom. The van der Waals surface area contributed by atoms with E-state index in [9.17, 15) is 18.5 Å². The number of nitro benzene ring substituents is 1. The van der Waals surface area contributed by atoms with E-state index in [4.69, 9.17) is 5.73 Å². The number of para-hydroxylation sites is 2. The quantitative estimate of drug-likeness (QED) is 0.455. The predicted molar refractivity (Wildman–Crippen MR) is 93.5 cm³/mol. The fraction of sp³-hybridized carbons (Fsp3) is 0.200. The molecule has 126 valence electrons. The van der Waals surface area contributed by atoms with Crippen molar-refractivity contribution in [3.05, 3.63) is 64.2 Å². The van der Waals surface area contributed by atoms with E-state index in [1.165, 1.54) is 18.2 Å². The van der Waals surface area contributed by atoms with E-state index in [0.29, 0.717) is 11.3 Å². The van der Waals surface area contributed by atoms with Gasteiger partial charge in [0.25, 0.3) is 5.69 Å². The van der Waals surface area contributed by atoms with Crippen molar-refractivity contribution >= 4 is 37.1 Å². The van der Waals surface area contributed by atoms with Crippen molar-refractivity contribution < 1.29 is 13.3 Å². The van der Waals surface area contributed by atoms with Crippen LogP contribution >= 0.6 is 15.9 Å². The first-order valence-corrected chi connectivity index (χ1v) is 9.24. The number of alkyl halides is 1. The van der Waals surface area contributed by atoms with E-state index in [-0.39, 0.29) is 0 Å². The van der Waals surface area contributed by atoms with Gasteiger partial charge in [-0.2, -0.15) is 0 Å². The van der Waals surface area contributed by atoms with Crippen LogP contribution < -0.4 is 11.1 Å². The maximum absolute atomic E-state index is 13.2. The molecule has 2 unspecified atom stereocenters. The molecule has 1 aliphatic rings. The van der Waals surface area contributed by atoms with Crippen molar-refractivity contribution in [3.8, 4) is 0 Å².